The molecule has 1 rings (SSSR count). The molecular weight excluding hydrogens is 376 g/mol. The molecule has 3 amide bonds. The first kappa shape index (κ1) is 23.3. The highest BCUT2D eigenvalue weighted by Crippen LogP contribution is 2.19. The van der Waals surface area contributed by atoms with Crippen LogP contribution in [0.2, 0.25) is 0 Å². The zero-order chi connectivity index (χ0) is 21.4. The highest BCUT2D eigenvalue weighted by atomic mass is 16.4. The Balaban J connectivity index is 2.60. The van der Waals surface area contributed by atoms with Crippen LogP contribution in [0.1, 0.15) is 32.6 Å². The Hall–Kier alpha value is -2.73. The second kappa shape index (κ2) is 10.6. The van der Waals surface area contributed by atoms with Crippen LogP contribution in [0.25, 0.3) is 0 Å². The van der Waals surface area contributed by atoms with Gasteiger partial charge in [-0.25, -0.2) is 4.79 Å². The smallest absolute Gasteiger partial charge is 0.326 e. The Morgan fingerprint density at radius 1 is 1.21 bits per heavy atom. The largest absolute Gasteiger partial charge is 0.481 e. The zero-order valence-electron chi connectivity index (χ0n) is 15.5. The molecule has 1 fully saturated rings. The van der Waals surface area contributed by atoms with Crippen molar-refractivity contribution in [3.8, 4) is 0 Å². The van der Waals surface area contributed by atoms with Gasteiger partial charge in [-0.15, -0.1) is 0 Å². The van der Waals surface area contributed by atoms with Crippen molar-refractivity contribution < 1.29 is 39.3 Å². The van der Waals surface area contributed by atoms with Gasteiger partial charge >= 0.3 is 11.9 Å². The number of rotatable bonds is 10. The third-order valence-corrected chi connectivity index (χ3v) is 4.32. The average Bonchev–Trinajstić information content (AvgIpc) is 3.11. The second-order valence-electron chi connectivity index (χ2n) is 6.57. The summed E-state index contributed by atoms with van der Waals surface area (Å²) in [6, 6.07) is -3.50. The average molecular weight is 402 g/mol. The highest BCUT2D eigenvalue weighted by Gasteiger charge is 2.39. The summed E-state index contributed by atoms with van der Waals surface area (Å²) in [5.74, 6) is -4.52. The molecule has 0 aromatic rings. The van der Waals surface area contributed by atoms with Gasteiger partial charge in [0.05, 0.1) is 18.7 Å². The molecule has 4 unspecified atom stereocenters. The molecule has 1 aliphatic heterocycles. The van der Waals surface area contributed by atoms with Crippen LogP contribution in [0.5, 0.6) is 0 Å². The molecule has 7 N–H and O–H groups in total. The molecule has 0 aromatic carbocycles. The van der Waals surface area contributed by atoms with Crippen LogP contribution in [0.15, 0.2) is 0 Å². The number of amides is 3. The Morgan fingerprint density at radius 2 is 1.86 bits per heavy atom. The van der Waals surface area contributed by atoms with Crippen LogP contribution in [-0.2, 0) is 24.0 Å². The van der Waals surface area contributed by atoms with Gasteiger partial charge < -0.3 is 36.6 Å². The van der Waals surface area contributed by atoms with Gasteiger partial charge in [-0.05, 0) is 26.2 Å². The monoisotopic (exact) mass is 402 g/mol. The first-order valence-electron chi connectivity index (χ1n) is 8.80. The molecule has 1 saturated heterocycles. The summed E-state index contributed by atoms with van der Waals surface area (Å²) >= 11 is 0. The quantitative estimate of drug-likeness (QED) is 0.224. The van der Waals surface area contributed by atoms with Crippen molar-refractivity contribution in [3.63, 3.8) is 0 Å². The minimum atomic E-state index is -1.37. The maximum Gasteiger partial charge on any atom is 0.326 e. The van der Waals surface area contributed by atoms with E-state index in [0.717, 1.165) is 4.90 Å². The molecule has 0 aliphatic carbocycles. The van der Waals surface area contributed by atoms with Crippen molar-refractivity contribution in [2.45, 2.75) is 56.8 Å². The molecule has 0 saturated carbocycles. The van der Waals surface area contributed by atoms with E-state index in [9.17, 15) is 34.2 Å². The Labute approximate surface area is 161 Å². The summed E-state index contributed by atoms with van der Waals surface area (Å²) < 4.78 is 0. The predicted octanol–water partition coefficient (Wildman–Crippen LogP) is -2.76. The zero-order valence-corrected chi connectivity index (χ0v) is 15.5. The summed E-state index contributed by atoms with van der Waals surface area (Å²) in [4.78, 5) is 59.1. The van der Waals surface area contributed by atoms with E-state index in [2.05, 4.69) is 10.6 Å². The lowest BCUT2D eigenvalue weighted by atomic mass is 10.1. The van der Waals surface area contributed by atoms with Crippen LogP contribution in [0.4, 0.5) is 0 Å². The minimum Gasteiger partial charge on any atom is -0.481 e. The maximum absolute atomic E-state index is 12.6. The van der Waals surface area contributed by atoms with Crippen LogP contribution in [-0.4, -0.2) is 87.2 Å². The molecule has 1 heterocycles. The van der Waals surface area contributed by atoms with Crippen molar-refractivity contribution in [3.05, 3.63) is 0 Å². The molecule has 4 atom stereocenters. The highest BCUT2D eigenvalue weighted by molar-refractivity contribution is 5.93. The maximum atomic E-state index is 12.6. The van der Waals surface area contributed by atoms with Crippen LogP contribution in [0.3, 0.4) is 0 Å². The summed E-state index contributed by atoms with van der Waals surface area (Å²) in [5, 5.41) is 32.1. The number of hydrogen-bond acceptors (Lipinski definition) is 7. The number of carboxylic acid groups (broad SMARTS) is 2. The number of carbonyl (C=O) groups is 5. The van der Waals surface area contributed by atoms with Crippen LogP contribution in [0, 0.1) is 0 Å². The van der Waals surface area contributed by atoms with E-state index in [1.54, 1.807) is 0 Å². The second-order valence-corrected chi connectivity index (χ2v) is 6.57. The van der Waals surface area contributed by atoms with Gasteiger partial charge in [-0.1, -0.05) is 0 Å². The van der Waals surface area contributed by atoms with Crippen molar-refractivity contribution in [2.75, 3.05) is 13.1 Å². The first-order chi connectivity index (χ1) is 13.0. The van der Waals surface area contributed by atoms with Gasteiger partial charge in [-0.3, -0.25) is 19.2 Å². The lowest BCUT2D eigenvalue weighted by molar-refractivity contribution is -0.150. The lowest BCUT2D eigenvalue weighted by Crippen LogP contribution is -2.57. The topological polar surface area (TPSA) is 199 Å². The molecule has 158 valence electrons. The van der Waals surface area contributed by atoms with Crippen molar-refractivity contribution >= 4 is 29.7 Å². The molecule has 12 heteroatoms. The van der Waals surface area contributed by atoms with E-state index in [1.165, 1.54) is 6.92 Å². The number of nitrogens with one attached hydrogen (secondary N) is 2. The molecule has 0 aromatic heterocycles. The van der Waals surface area contributed by atoms with Gasteiger partial charge in [0, 0.05) is 13.0 Å². The Bertz CT molecular complexity index is 624. The van der Waals surface area contributed by atoms with E-state index in [-0.39, 0.29) is 25.8 Å². The predicted molar refractivity (Wildman–Crippen MR) is 93.8 cm³/mol. The van der Waals surface area contributed by atoms with Gasteiger partial charge in [0.15, 0.2) is 0 Å². The number of nitrogens with zero attached hydrogens (tertiary/aromatic N) is 1. The minimum absolute atomic E-state index is 0.108. The number of carboxylic acids is 2. The fourth-order valence-corrected chi connectivity index (χ4v) is 2.79. The lowest BCUT2D eigenvalue weighted by Gasteiger charge is -2.28. The number of aliphatic hydroxyl groups is 1. The molecule has 1 aliphatic rings. The Morgan fingerprint density at radius 3 is 2.39 bits per heavy atom. The summed E-state index contributed by atoms with van der Waals surface area (Å²) in [5.41, 5.74) is 5.51. The number of hydrogen-bond donors (Lipinski definition) is 6. The third kappa shape index (κ3) is 6.78. The first-order valence-corrected chi connectivity index (χ1v) is 8.80. The summed E-state index contributed by atoms with van der Waals surface area (Å²) in [7, 11) is 0. The molecular formula is C16H26N4O8. The van der Waals surface area contributed by atoms with Crippen molar-refractivity contribution in [2.24, 2.45) is 5.73 Å². The summed E-state index contributed by atoms with van der Waals surface area (Å²) in [6.07, 6.45) is -0.928. The molecule has 28 heavy (non-hydrogen) atoms. The molecule has 0 bridgehead atoms. The van der Waals surface area contributed by atoms with Gasteiger partial charge in [0.1, 0.15) is 12.1 Å². The van der Waals surface area contributed by atoms with Crippen LogP contribution >= 0.6 is 0 Å². The van der Waals surface area contributed by atoms with Gasteiger partial charge in [0.25, 0.3) is 0 Å². The van der Waals surface area contributed by atoms with E-state index < -0.39 is 60.4 Å². The number of nitrogens with two attached hydrogens (primary N) is 1. The summed E-state index contributed by atoms with van der Waals surface area (Å²) in [6.45, 7) is 0.928. The number of aliphatic carboxylic acids is 2. The third-order valence-electron chi connectivity index (χ3n) is 4.32. The van der Waals surface area contributed by atoms with Gasteiger partial charge in [-0.2, -0.15) is 0 Å². The van der Waals surface area contributed by atoms with Crippen molar-refractivity contribution in [1.82, 2.24) is 15.5 Å². The SMILES string of the molecule is CC(O)C(NC(=O)CNC(=O)C(N)CCC(=O)O)C(=O)N1CCCC1C(=O)O. The standard InChI is InChI=1S/C16H26N4O8/c1-8(21)13(15(26)20-6-2-3-10(20)16(27)28)19-11(22)7-18-14(25)9(17)4-5-12(23)24/h8-10,13,21H,2-7,17H2,1H3,(H,18,25)(H,19,22)(H,23,24)(H,27,28). The van der Waals surface area contributed by atoms with E-state index in [4.69, 9.17) is 10.8 Å². The van der Waals surface area contributed by atoms with E-state index in [1.807, 2.05) is 0 Å². The fraction of sp³-hybridized carbons (Fsp3) is 0.688. The van der Waals surface area contributed by atoms with Gasteiger partial charge in [0.2, 0.25) is 17.7 Å². The van der Waals surface area contributed by atoms with E-state index >= 15 is 0 Å². The molecule has 0 spiro atoms. The normalized spacial score (nSPS) is 19.4. The number of aliphatic hydroxyl groups excluding tert-OH is 1. The fourth-order valence-electron chi connectivity index (χ4n) is 2.79. The number of carbonyl (C=O) groups excluding carboxylic acids is 3. The number of likely N-dealkylation sites (tertiary alicyclic amines) is 1. The van der Waals surface area contributed by atoms with Crippen molar-refractivity contribution in [1.29, 1.82) is 0 Å². The Kier molecular flexibility index (Phi) is 8.79. The van der Waals surface area contributed by atoms with Crippen LogP contribution < -0.4 is 16.4 Å². The molecule has 0 radical (unpaired) electrons. The van der Waals surface area contributed by atoms with E-state index in [0.29, 0.717) is 6.42 Å². The molecule has 12 nitrogen and oxygen atoms in total.